The molecule has 5 rings (SSSR count). The molecule has 1 atom stereocenters. The quantitative estimate of drug-likeness (QED) is 0.276. The lowest BCUT2D eigenvalue weighted by molar-refractivity contribution is 0.00954. The largest absolute Gasteiger partial charge is 0.451 e. The van der Waals surface area contributed by atoms with Crippen molar-refractivity contribution in [3.05, 3.63) is 77.2 Å². The fourth-order valence-electron chi connectivity index (χ4n) is 4.25. The third-order valence-electron chi connectivity index (χ3n) is 6.15. The number of carbonyl (C=O) groups is 1. The summed E-state index contributed by atoms with van der Waals surface area (Å²) in [6, 6.07) is 14.5. The molecule has 0 spiro atoms. The van der Waals surface area contributed by atoms with E-state index < -0.39 is 11.6 Å². The maximum Gasteiger partial charge on any atom is 0.339 e. The Morgan fingerprint density at radius 3 is 2.65 bits per heavy atom. The maximum absolute atomic E-state index is 12.1. The third kappa shape index (κ3) is 5.01. The second kappa shape index (κ2) is 9.98. The molecule has 10 nitrogen and oxygen atoms in total. The summed E-state index contributed by atoms with van der Waals surface area (Å²) in [4.78, 5) is 25.8. The molecule has 190 valence electrons. The van der Waals surface area contributed by atoms with Crippen LogP contribution in [0.25, 0.3) is 11.5 Å². The van der Waals surface area contributed by atoms with E-state index in [1.807, 2.05) is 57.2 Å². The zero-order valence-electron chi connectivity index (χ0n) is 20.9. The predicted octanol–water partition coefficient (Wildman–Crippen LogP) is 4.77. The number of hydrogen-bond donors (Lipinski definition) is 3. The lowest BCUT2D eigenvalue weighted by Crippen LogP contribution is -2.17. The van der Waals surface area contributed by atoms with Gasteiger partial charge in [0.2, 0.25) is 5.95 Å². The first-order valence-electron chi connectivity index (χ1n) is 12.1. The Bertz CT molecular complexity index is 1420. The van der Waals surface area contributed by atoms with Gasteiger partial charge in [0.05, 0.1) is 18.2 Å². The van der Waals surface area contributed by atoms with Crippen molar-refractivity contribution < 1.29 is 19.2 Å². The molecule has 3 N–H and O–H groups in total. The van der Waals surface area contributed by atoms with E-state index >= 15 is 0 Å². The molecule has 1 aliphatic rings. The van der Waals surface area contributed by atoms with E-state index in [0.29, 0.717) is 40.8 Å². The number of aromatic nitrogens is 4. The number of cyclic esters (lactones) is 1. The standard InChI is InChI=1S/C27H28N6O4/c1-4-8-22-31-24(37-33-22)19-14-28-26(32-23(19)30-21(15-34)16-9-6-5-7-10-16)29-17-11-12-18-20(13-17)27(2,3)36-25(18)35/h5-7,9-14,21,34H,4,8,15H2,1-3H3,(H2,28,29,30,32)/t21-/m1/s1. The lowest BCUT2D eigenvalue weighted by atomic mass is 9.95. The molecule has 0 radical (unpaired) electrons. The summed E-state index contributed by atoms with van der Waals surface area (Å²) in [5, 5.41) is 20.7. The Hall–Kier alpha value is -4.31. The molecule has 0 fully saturated rings. The predicted molar refractivity (Wildman–Crippen MR) is 137 cm³/mol. The molecule has 0 bridgehead atoms. The number of fused-ring (bicyclic) bond motifs is 1. The van der Waals surface area contributed by atoms with Crippen LogP contribution >= 0.6 is 0 Å². The molecule has 37 heavy (non-hydrogen) atoms. The number of aryl methyl sites for hydroxylation is 1. The molecule has 0 unspecified atom stereocenters. The number of rotatable bonds is 9. The Labute approximate surface area is 214 Å². The molecule has 4 aromatic rings. The summed E-state index contributed by atoms with van der Waals surface area (Å²) in [5.41, 5.74) is 2.72. The highest BCUT2D eigenvalue weighted by molar-refractivity contribution is 5.95. The van der Waals surface area contributed by atoms with Gasteiger partial charge in [-0.3, -0.25) is 0 Å². The highest BCUT2D eigenvalue weighted by Gasteiger charge is 2.37. The average molecular weight is 501 g/mol. The summed E-state index contributed by atoms with van der Waals surface area (Å²) < 4.78 is 11.0. The van der Waals surface area contributed by atoms with Crippen LogP contribution in [-0.2, 0) is 16.8 Å². The summed E-state index contributed by atoms with van der Waals surface area (Å²) in [6.45, 7) is 5.59. The SMILES string of the molecule is CCCc1noc(-c2cnc(Nc3ccc4c(c3)C(C)(C)OC4=O)nc2N[C@H](CO)c2ccccc2)n1. The first kappa shape index (κ1) is 24.4. The third-order valence-corrected chi connectivity index (χ3v) is 6.15. The number of ether oxygens (including phenoxy) is 1. The minimum Gasteiger partial charge on any atom is -0.451 e. The molecule has 0 saturated carbocycles. The van der Waals surface area contributed by atoms with E-state index in [1.54, 1.807) is 18.3 Å². The lowest BCUT2D eigenvalue weighted by Gasteiger charge is -2.20. The van der Waals surface area contributed by atoms with Crippen molar-refractivity contribution in [3.63, 3.8) is 0 Å². The van der Waals surface area contributed by atoms with Crippen molar-refractivity contribution in [1.29, 1.82) is 0 Å². The first-order valence-corrected chi connectivity index (χ1v) is 12.1. The minimum atomic E-state index is -0.722. The summed E-state index contributed by atoms with van der Waals surface area (Å²) >= 11 is 0. The van der Waals surface area contributed by atoms with E-state index in [2.05, 4.69) is 30.7 Å². The van der Waals surface area contributed by atoms with Crippen molar-refractivity contribution in [2.24, 2.45) is 0 Å². The molecule has 0 amide bonds. The smallest absolute Gasteiger partial charge is 0.339 e. The van der Waals surface area contributed by atoms with Crippen LogP contribution in [0.2, 0.25) is 0 Å². The van der Waals surface area contributed by atoms with Crippen LogP contribution < -0.4 is 10.6 Å². The number of nitrogens with one attached hydrogen (secondary N) is 2. The second-order valence-corrected chi connectivity index (χ2v) is 9.30. The molecule has 2 aromatic heterocycles. The highest BCUT2D eigenvalue weighted by atomic mass is 16.6. The van der Waals surface area contributed by atoms with E-state index in [9.17, 15) is 9.90 Å². The number of hydrogen-bond acceptors (Lipinski definition) is 10. The number of benzene rings is 2. The Morgan fingerprint density at radius 1 is 1.08 bits per heavy atom. The van der Waals surface area contributed by atoms with Crippen molar-refractivity contribution in [2.75, 3.05) is 17.2 Å². The van der Waals surface area contributed by atoms with Crippen molar-refractivity contribution >= 4 is 23.4 Å². The van der Waals surface area contributed by atoms with Crippen molar-refractivity contribution in [1.82, 2.24) is 20.1 Å². The van der Waals surface area contributed by atoms with Gasteiger partial charge >= 0.3 is 5.97 Å². The van der Waals surface area contributed by atoms with Crippen LogP contribution in [0.5, 0.6) is 0 Å². The van der Waals surface area contributed by atoms with Gasteiger partial charge < -0.3 is 25.0 Å². The number of aliphatic hydroxyl groups is 1. The van der Waals surface area contributed by atoms with Gasteiger partial charge in [-0.25, -0.2) is 9.78 Å². The number of esters is 1. The van der Waals surface area contributed by atoms with Crippen LogP contribution in [-0.4, -0.2) is 37.8 Å². The number of anilines is 3. The number of aliphatic hydroxyl groups excluding tert-OH is 1. The fraction of sp³-hybridized carbons (Fsp3) is 0.296. The summed E-state index contributed by atoms with van der Waals surface area (Å²) in [7, 11) is 0. The molecular formula is C27H28N6O4. The van der Waals surface area contributed by atoms with Gasteiger partial charge in [-0.1, -0.05) is 42.4 Å². The van der Waals surface area contributed by atoms with Gasteiger partial charge in [-0.15, -0.1) is 0 Å². The second-order valence-electron chi connectivity index (χ2n) is 9.30. The van der Waals surface area contributed by atoms with Crippen LogP contribution in [0.15, 0.2) is 59.3 Å². The van der Waals surface area contributed by atoms with Gasteiger partial charge in [-0.05, 0) is 44.0 Å². The van der Waals surface area contributed by atoms with Crippen molar-refractivity contribution in [2.45, 2.75) is 45.3 Å². The molecular weight excluding hydrogens is 472 g/mol. The molecule has 3 heterocycles. The minimum absolute atomic E-state index is 0.158. The Kier molecular flexibility index (Phi) is 6.58. The van der Waals surface area contributed by atoms with Gasteiger partial charge in [0.25, 0.3) is 5.89 Å². The van der Waals surface area contributed by atoms with E-state index in [1.165, 1.54) is 0 Å². The molecule has 0 aliphatic carbocycles. The van der Waals surface area contributed by atoms with Crippen molar-refractivity contribution in [3.8, 4) is 11.5 Å². The molecule has 10 heteroatoms. The van der Waals surface area contributed by atoms with Crippen LogP contribution in [0.4, 0.5) is 17.5 Å². The average Bonchev–Trinajstić information content (AvgIpc) is 3.44. The summed E-state index contributed by atoms with van der Waals surface area (Å²) in [6.07, 6.45) is 3.18. The first-order chi connectivity index (χ1) is 17.9. The normalized spacial score (nSPS) is 14.6. The maximum atomic E-state index is 12.1. The zero-order chi connectivity index (χ0) is 26.0. The summed E-state index contributed by atoms with van der Waals surface area (Å²) in [5.74, 6) is 1.29. The van der Waals surface area contributed by atoms with Gasteiger partial charge in [0.15, 0.2) is 5.82 Å². The number of nitrogens with zero attached hydrogens (tertiary/aromatic N) is 4. The molecule has 1 aliphatic heterocycles. The van der Waals surface area contributed by atoms with E-state index in [-0.39, 0.29) is 18.5 Å². The van der Waals surface area contributed by atoms with E-state index in [4.69, 9.17) is 9.26 Å². The van der Waals surface area contributed by atoms with Gasteiger partial charge in [0.1, 0.15) is 17.0 Å². The van der Waals surface area contributed by atoms with Crippen LogP contribution in [0, 0.1) is 0 Å². The molecule has 2 aromatic carbocycles. The number of carbonyl (C=O) groups excluding carboxylic acids is 1. The Morgan fingerprint density at radius 2 is 1.89 bits per heavy atom. The topological polar surface area (TPSA) is 135 Å². The van der Waals surface area contributed by atoms with E-state index in [0.717, 1.165) is 17.5 Å². The van der Waals surface area contributed by atoms with Crippen LogP contribution in [0.1, 0.15) is 60.5 Å². The molecule has 0 saturated heterocycles. The Balaban J connectivity index is 1.50. The monoisotopic (exact) mass is 500 g/mol. The van der Waals surface area contributed by atoms with Gasteiger partial charge in [-0.2, -0.15) is 9.97 Å². The fourth-order valence-corrected chi connectivity index (χ4v) is 4.25. The zero-order valence-corrected chi connectivity index (χ0v) is 20.9. The van der Waals surface area contributed by atoms with Crippen LogP contribution in [0.3, 0.4) is 0 Å². The highest BCUT2D eigenvalue weighted by Crippen LogP contribution is 2.38. The van der Waals surface area contributed by atoms with Gasteiger partial charge in [0, 0.05) is 23.9 Å².